The molecule has 0 aliphatic rings. The fraction of sp³-hybridized carbons (Fsp3) is 0.143. The molecule has 2 aromatic carbocycles. The van der Waals surface area contributed by atoms with Crippen molar-refractivity contribution in [3.8, 4) is 5.75 Å². The average molecular weight is 364 g/mol. The van der Waals surface area contributed by atoms with Crippen molar-refractivity contribution < 1.29 is 9.13 Å². The maximum atomic E-state index is 13.9. The molecule has 2 aromatic rings. The van der Waals surface area contributed by atoms with Crippen LogP contribution in [-0.2, 0) is 0 Å². The number of benzene rings is 2. The smallest absolute Gasteiger partial charge is 0.137 e. The standard InChI is InChI=1S/C14H10BrCl2FO/c1-19-13-5-2-8(6-11(13)16)14(17)10-4-3-9(15)7-12(10)18/h2-7,14H,1H3. The molecule has 0 saturated heterocycles. The maximum Gasteiger partial charge on any atom is 0.137 e. The van der Waals surface area contributed by atoms with E-state index in [1.165, 1.54) is 13.2 Å². The van der Waals surface area contributed by atoms with Crippen LogP contribution in [0.3, 0.4) is 0 Å². The van der Waals surface area contributed by atoms with E-state index in [0.717, 1.165) is 0 Å². The van der Waals surface area contributed by atoms with Gasteiger partial charge in [0.15, 0.2) is 0 Å². The average Bonchev–Trinajstić information content (AvgIpc) is 2.38. The maximum absolute atomic E-state index is 13.9. The van der Waals surface area contributed by atoms with Crippen LogP contribution in [0.2, 0.25) is 5.02 Å². The molecule has 1 nitrogen and oxygen atoms in total. The topological polar surface area (TPSA) is 9.23 Å². The second-order valence-corrected chi connectivity index (χ2v) is 5.68. The molecule has 2 rings (SSSR count). The van der Waals surface area contributed by atoms with E-state index >= 15 is 0 Å². The van der Waals surface area contributed by atoms with Gasteiger partial charge in [-0.1, -0.05) is 39.7 Å². The number of rotatable bonds is 3. The summed E-state index contributed by atoms with van der Waals surface area (Å²) in [4.78, 5) is 0. The highest BCUT2D eigenvalue weighted by Crippen LogP contribution is 2.35. The third-order valence-electron chi connectivity index (χ3n) is 2.70. The van der Waals surface area contributed by atoms with Crippen LogP contribution < -0.4 is 4.74 Å². The highest BCUT2D eigenvalue weighted by molar-refractivity contribution is 9.10. The molecule has 1 unspecified atom stereocenters. The summed E-state index contributed by atoms with van der Waals surface area (Å²) in [6, 6.07) is 9.94. The molecule has 1 atom stereocenters. The van der Waals surface area contributed by atoms with Crippen LogP contribution >= 0.6 is 39.1 Å². The SMILES string of the molecule is COc1ccc(C(Cl)c2ccc(Br)cc2F)cc1Cl. The van der Waals surface area contributed by atoms with Crippen molar-refractivity contribution >= 4 is 39.1 Å². The van der Waals surface area contributed by atoms with E-state index in [-0.39, 0.29) is 5.82 Å². The second kappa shape index (κ2) is 6.12. The fourth-order valence-electron chi connectivity index (χ4n) is 1.73. The molecule has 0 aliphatic carbocycles. The largest absolute Gasteiger partial charge is 0.495 e. The molecule has 0 bridgehead atoms. The second-order valence-electron chi connectivity index (χ2n) is 3.92. The Bertz CT molecular complexity index is 604. The summed E-state index contributed by atoms with van der Waals surface area (Å²) in [5.41, 5.74) is 1.12. The normalized spacial score (nSPS) is 12.3. The van der Waals surface area contributed by atoms with Gasteiger partial charge in [0.1, 0.15) is 11.6 Å². The summed E-state index contributed by atoms with van der Waals surface area (Å²) in [6.07, 6.45) is 0. The Morgan fingerprint density at radius 1 is 1.21 bits per heavy atom. The summed E-state index contributed by atoms with van der Waals surface area (Å²) in [5, 5.41) is -0.153. The van der Waals surface area contributed by atoms with Crippen LogP contribution in [0.25, 0.3) is 0 Å². The Morgan fingerprint density at radius 2 is 1.95 bits per heavy atom. The molecule has 0 aromatic heterocycles. The molecule has 5 heteroatoms. The van der Waals surface area contributed by atoms with Gasteiger partial charge in [-0.15, -0.1) is 11.6 Å². The van der Waals surface area contributed by atoms with E-state index in [4.69, 9.17) is 27.9 Å². The van der Waals surface area contributed by atoms with Gasteiger partial charge in [-0.3, -0.25) is 0 Å². The first-order valence-corrected chi connectivity index (χ1v) is 7.06. The van der Waals surface area contributed by atoms with Crippen molar-refractivity contribution in [1.82, 2.24) is 0 Å². The summed E-state index contributed by atoms with van der Waals surface area (Å²) in [5.74, 6) is 0.201. The highest BCUT2D eigenvalue weighted by Gasteiger charge is 2.16. The number of alkyl halides is 1. The molecular weight excluding hydrogens is 354 g/mol. The van der Waals surface area contributed by atoms with Crippen molar-refractivity contribution in [1.29, 1.82) is 0 Å². The lowest BCUT2D eigenvalue weighted by molar-refractivity contribution is 0.415. The minimum atomic E-state index is -0.600. The molecule has 0 fully saturated rings. The van der Waals surface area contributed by atoms with Gasteiger partial charge in [-0.2, -0.15) is 0 Å². The lowest BCUT2D eigenvalue weighted by Crippen LogP contribution is -1.97. The summed E-state index contributed by atoms with van der Waals surface area (Å²) < 4.78 is 19.6. The first kappa shape index (κ1) is 14.6. The molecule has 0 amide bonds. The van der Waals surface area contributed by atoms with Gasteiger partial charge in [-0.05, 0) is 29.8 Å². The zero-order chi connectivity index (χ0) is 14.0. The van der Waals surface area contributed by atoms with Crippen molar-refractivity contribution in [2.75, 3.05) is 7.11 Å². The molecule has 0 aliphatic heterocycles. The minimum Gasteiger partial charge on any atom is -0.495 e. The number of hydrogen-bond donors (Lipinski definition) is 0. The lowest BCUT2D eigenvalue weighted by Gasteiger charge is -2.13. The van der Waals surface area contributed by atoms with Gasteiger partial charge in [0.05, 0.1) is 17.5 Å². The molecule has 0 radical (unpaired) electrons. The number of hydrogen-bond acceptors (Lipinski definition) is 1. The van der Waals surface area contributed by atoms with Gasteiger partial charge in [0.25, 0.3) is 0 Å². The van der Waals surface area contributed by atoms with Crippen molar-refractivity contribution in [2.24, 2.45) is 0 Å². The van der Waals surface area contributed by atoms with E-state index in [1.807, 2.05) is 0 Å². The van der Waals surface area contributed by atoms with Gasteiger partial charge < -0.3 is 4.74 Å². The molecule has 0 spiro atoms. The van der Waals surface area contributed by atoms with Crippen molar-refractivity contribution in [3.63, 3.8) is 0 Å². The zero-order valence-corrected chi connectivity index (χ0v) is 13.1. The third-order valence-corrected chi connectivity index (χ3v) is 3.98. The van der Waals surface area contributed by atoms with E-state index in [0.29, 0.717) is 26.4 Å². The van der Waals surface area contributed by atoms with E-state index in [1.54, 1.807) is 30.3 Å². The zero-order valence-electron chi connectivity index (χ0n) is 9.96. The Balaban J connectivity index is 2.38. The number of ether oxygens (including phenoxy) is 1. The van der Waals surface area contributed by atoms with Gasteiger partial charge in [-0.25, -0.2) is 4.39 Å². The van der Waals surface area contributed by atoms with E-state index < -0.39 is 5.38 Å². The van der Waals surface area contributed by atoms with Crippen LogP contribution in [0.15, 0.2) is 40.9 Å². The fourth-order valence-corrected chi connectivity index (χ4v) is 2.64. The molecule has 0 N–H and O–H groups in total. The lowest BCUT2D eigenvalue weighted by atomic mass is 10.0. The molecule has 0 saturated carbocycles. The number of methoxy groups -OCH3 is 1. The Kier molecular flexibility index (Phi) is 4.71. The van der Waals surface area contributed by atoms with Crippen LogP contribution in [-0.4, -0.2) is 7.11 Å². The van der Waals surface area contributed by atoms with Gasteiger partial charge in [0.2, 0.25) is 0 Å². The quantitative estimate of drug-likeness (QED) is 0.647. The molecule has 0 heterocycles. The van der Waals surface area contributed by atoms with Crippen LogP contribution in [0.5, 0.6) is 5.75 Å². The third kappa shape index (κ3) is 3.22. The van der Waals surface area contributed by atoms with Crippen molar-refractivity contribution in [3.05, 3.63) is 62.8 Å². The Morgan fingerprint density at radius 3 is 2.53 bits per heavy atom. The Labute approximate surface area is 129 Å². The Hall–Kier alpha value is -0.770. The predicted molar refractivity (Wildman–Crippen MR) is 79.8 cm³/mol. The van der Waals surface area contributed by atoms with E-state index in [2.05, 4.69) is 15.9 Å². The monoisotopic (exact) mass is 362 g/mol. The van der Waals surface area contributed by atoms with Crippen LogP contribution in [0.4, 0.5) is 4.39 Å². The van der Waals surface area contributed by atoms with Crippen molar-refractivity contribution in [2.45, 2.75) is 5.38 Å². The summed E-state index contributed by atoms with van der Waals surface area (Å²) in [7, 11) is 1.54. The predicted octanol–water partition coefficient (Wildman–Crippen LogP) is 5.58. The molecule has 19 heavy (non-hydrogen) atoms. The van der Waals surface area contributed by atoms with Crippen LogP contribution in [0.1, 0.15) is 16.5 Å². The van der Waals surface area contributed by atoms with Gasteiger partial charge >= 0.3 is 0 Å². The minimum absolute atomic E-state index is 0.360. The summed E-state index contributed by atoms with van der Waals surface area (Å²) in [6.45, 7) is 0. The van der Waals surface area contributed by atoms with Crippen LogP contribution in [0, 0.1) is 5.82 Å². The first-order chi connectivity index (χ1) is 9.02. The highest BCUT2D eigenvalue weighted by atomic mass is 79.9. The molecule has 100 valence electrons. The summed E-state index contributed by atoms with van der Waals surface area (Å²) >= 11 is 15.6. The molecular formula is C14H10BrCl2FO. The van der Waals surface area contributed by atoms with E-state index in [9.17, 15) is 4.39 Å². The first-order valence-electron chi connectivity index (χ1n) is 5.45. The number of halogens is 4. The van der Waals surface area contributed by atoms with Gasteiger partial charge in [0, 0.05) is 10.0 Å².